The first kappa shape index (κ1) is 16.2. The summed E-state index contributed by atoms with van der Waals surface area (Å²) >= 11 is 0. The van der Waals surface area contributed by atoms with Gasteiger partial charge in [-0.05, 0) is 44.2 Å². The van der Waals surface area contributed by atoms with Gasteiger partial charge in [0.25, 0.3) is 0 Å². The van der Waals surface area contributed by atoms with Crippen molar-refractivity contribution in [2.45, 2.75) is 46.1 Å². The van der Waals surface area contributed by atoms with Gasteiger partial charge in [0, 0.05) is 19.3 Å². The SMILES string of the molecule is CCCNC(c1ccccc1)C(C)CCCOCC. The molecule has 1 N–H and O–H groups in total. The Balaban J connectivity index is 2.53. The number of hydrogen-bond donors (Lipinski definition) is 1. The highest BCUT2D eigenvalue weighted by molar-refractivity contribution is 5.19. The summed E-state index contributed by atoms with van der Waals surface area (Å²) in [4.78, 5) is 0. The maximum Gasteiger partial charge on any atom is 0.0466 e. The third kappa shape index (κ3) is 6.22. The van der Waals surface area contributed by atoms with Crippen molar-refractivity contribution < 1.29 is 4.74 Å². The van der Waals surface area contributed by atoms with Crippen LogP contribution in [-0.4, -0.2) is 19.8 Å². The summed E-state index contributed by atoms with van der Waals surface area (Å²) in [7, 11) is 0. The molecule has 0 aromatic heterocycles. The topological polar surface area (TPSA) is 21.3 Å². The summed E-state index contributed by atoms with van der Waals surface area (Å²) in [5, 5.41) is 3.69. The lowest BCUT2D eigenvalue weighted by Crippen LogP contribution is -2.28. The van der Waals surface area contributed by atoms with Crippen LogP contribution < -0.4 is 5.32 Å². The molecule has 1 rings (SSSR count). The van der Waals surface area contributed by atoms with Gasteiger partial charge in [-0.25, -0.2) is 0 Å². The Hall–Kier alpha value is -0.860. The van der Waals surface area contributed by atoms with E-state index in [0.29, 0.717) is 12.0 Å². The second-order valence-corrected chi connectivity index (χ2v) is 5.16. The zero-order chi connectivity index (χ0) is 13.9. The highest BCUT2D eigenvalue weighted by atomic mass is 16.5. The van der Waals surface area contributed by atoms with Gasteiger partial charge in [-0.2, -0.15) is 0 Å². The van der Waals surface area contributed by atoms with Crippen molar-refractivity contribution in [2.24, 2.45) is 5.92 Å². The first-order chi connectivity index (χ1) is 9.29. The lowest BCUT2D eigenvalue weighted by atomic mass is 9.91. The molecule has 0 amide bonds. The van der Waals surface area contributed by atoms with Gasteiger partial charge in [-0.3, -0.25) is 0 Å². The van der Waals surface area contributed by atoms with Crippen molar-refractivity contribution in [3.8, 4) is 0 Å². The summed E-state index contributed by atoms with van der Waals surface area (Å²) < 4.78 is 5.43. The molecule has 2 nitrogen and oxygen atoms in total. The standard InChI is InChI=1S/C17H29NO/c1-4-13-18-17(16-11-7-6-8-12-16)15(3)10-9-14-19-5-2/h6-8,11-12,15,17-18H,4-5,9-10,13-14H2,1-3H3. The van der Waals surface area contributed by atoms with Gasteiger partial charge < -0.3 is 10.1 Å². The summed E-state index contributed by atoms with van der Waals surface area (Å²) in [6, 6.07) is 11.3. The molecule has 108 valence electrons. The minimum absolute atomic E-state index is 0.461. The van der Waals surface area contributed by atoms with E-state index in [4.69, 9.17) is 4.74 Å². The van der Waals surface area contributed by atoms with Crippen LogP contribution in [0, 0.1) is 5.92 Å². The van der Waals surface area contributed by atoms with E-state index in [-0.39, 0.29) is 0 Å². The first-order valence-corrected chi connectivity index (χ1v) is 7.65. The van der Waals surface area contributed by atoms with E-state index >= 15 is 0 Å². The predicted molar refractivity (Wildman–Crippen MR) is 82.4 cm³/mol. The number of rotatable bonds is 10. The molecule has 2 unspecified atom stereocenters. The molecule has 2 heteroatoms. The van der Waals surface area contributed by atoms with Crippen LogP contribution in [0.4, 0.5) is 0 Å². The predicted octanol–water partition coefficient (Wildman–Crippen LogP) is 4.18. The van der Waals surface area contributed by atoms with Crippen LogP contribution in [0.25, 0.3) is 0 Å². The van der Waals surface area contributed by atoms with Crippen molar-refractivity contribution in [2.75, 3.05) is 19.8 Å². The molecule has 0 bridgehead atoms. The summed E-state index contributed by atoms with van der Waals surface area (Å²) in [6.45, 7) is 9.40. The molecule has 0 fully saturated rings. The largest absolute Gasteiger partial charge is 0.382 e. The molecule has 0 heterocycles. The molecule has 0 aliphatic heterocycles. The maximum atomic E-state index is 5.43. The average molecular weight is 263 g/mol. The van der Waals surface area contributed by atoms with Gasteiger partial charge in [-0.15, -0.1) is 0 Å². The lowest BCUT2D eigenvalue weighted by Gasteiger charge is -2.26. The normalized spacial score (nSPS) is 14.3. The molecular weight excluding hydrogens is 234 g/mol. The van der Waals surface area contributed by atoms with Crippen molar-refractivity contribution in [1.29, 1.82) is 0 Å². The zero-order valence-electron chi connectivity index (χ0n) is 12.7. The summed E-state index contributed by atoms with van der Waals surface area (Å²) in [5.41, 5.74) is 1.40. The second kappa shape index (κ2) is 9.99. The van der Waals surface area contributed by atoms with Crippen LogP contribution in [0.1, 0.15) is 51.6 Å². The van der Waals surface area contributed by atoms with E-state index in [1.54, 1.807) is 0 Å². The van der Waals surface area contributed by atoms with Crippen LogP contribution in [0.3, 0.4) is 0 Å². The van der Waals surface area contributed by atoms with E-state index in [1.807, 2.05) is 0 Å². The Labute approximate surface area is 118 Å². The van der Waals surface area contributed by atoms with Crippen LogP contribution in [0.2, 0.25) is 0 Å². The van der Waals surface area contributed by atoms with E-state index in [0.717, 1.165) is 26.2 Å². The van der Waals surface area contributed by atoms with Crippen LogP contribution in [-0.2, 0) is 4.74 Å². The minimum Gasteiger partial charge on any atom is -0.382 e. The molecule has 0 radical (unpaired) electrons. The van der Waals surface area contributed by atoms with E-state index in [1.165, 1.54) is 18.4 Å². The molecule has 0 aliphatic carbocycles. The zero-order valence-corrected chi connectivity index (χ0v) is 12.7. The van der Waals surface area contributed by atoms with Crippen LogP contribution >= 0.6 is 0 Å². The van der Waals surface area contributed by atoms with Crippen molar-refractivity contribution in [3.05, 3.63) is 35.9 Å². The highest BCUT2D eigenvalue weighted by Crippen LogP contribution is 2.25. The van der Waals surface area contributed by atoms with E-state index in [2.05, 4.69) is 56.4 Å². The minimum atomic E-state index is 0.461. The van der Waals surface area contributed by atoms with Gasteiger partial charge in [-0.1, -0.05) is 44.2 Å². The number of nitrogens with one attached hydrogen (secondary N) is 1. The van der Waals surface area contributed by atoms with Gasteiger partial charge in [0.2, 0.25) is 0 Å². The smallest absolute Gasteiger partial charge is 0.0466 e. The Morgan fingerprint density at radius 1 is 1.16 bits per heavy atom. The molecule has 0 saturated carbocycles. The third-order valence-electron chi connectivity index (χ3n) is 3.49. The maximum absolute atomic E-state index is 5.43. The first-order valence-electron chi connectivity index (χ1n) is 7.65. The van der Waals surface area contributed by atoms with Gasteiger partial charge >= 0.3 is 0 Å². The van der Waals surface area contributed by atoms with Gasteiger partial charge in [0.15, 0.2) is 0 Å². The second-order valence-electron chi connectivity index (χ2n) is 5.16. The third-order valence-corrected chi connectivity index (χ3v) is 3.49. The molecule has 0 spiro atoms. The summed E-state index contributed by atoms with van der Waals surface area (Å²) in [5.74, 6) is 0.634. The summed E-state index contributed by atoms with van der Waals surface area (Å²) in [6.07, 6.45) is 3.53. The van der Waals surface area contributed by atoms with Crippen molar-refractivity contribution >= 4 is 0 Å². The van der Waals surface area contributed by atoms with Gasteiger partial charge in [0.05, 0.1) is 0 Å². The van der Waals surface area contributed by atoms with E-state index < -0.39 is 0 Å². The Kier molecular flexibility index (Phi) is 8.52. The fourth-order valence-electron chi connectivity index (χ4n) is 2.43. The lowest BCUT2D eigenvalue weighted by molar-refractivity contribution is 0.138. The Morgan fingerprint density at radius 3 is 2.53 bits per heavy atom. The molecule has 1 aromatic carbocycles. The van der Waals surface area contributed by atoms with Gasteiger partial charge in [0.1, 0.15) is 0 Å². The van der Waals surface area contributed by atoms with E-state index in [9.17, 15) is 0 Å². The molecule has 1 aromatic rings. The molecule has 2 atom stereocenters. The molecular formula is C17H29NO. The number of benzene rings is 1. The fraction of sp³-hybridized carbons (Fsp3) is 0.647. The van der Waals surface area contributed by atoms with Crippen LogP contribution in [0.5, 0.6) is 0 Å². The highest BCUT2D eigenvalue weighted by Gasteiger charge is 2.17. The molecule has 19 heavy (non-hydrogen) atoms. The van der Waals surface area contributed by atoms with Crippen molar-refractivity contribution in [3.63, 3.8) is 0 Å². The van der Waals surface area contributed by atoms with Crippen molar-refractivity contribution in [1.82, 2.24) is 5.32 Å². The average Bonchev–Trinajstić information content (AvgIpc) is 2.45. The van der Waals surface area contributed by atoms with Crippen LogP contribution in [0.15, 0.2) is 30.3 Å². The molecule has 0 aliphatic rings. The Morgan fingerprint density at radius 2 is 1.89 bits per heavy atom. The molecule has 0 saturated heterocycles. The quantitative estimate of drug-likeness (QED) is 0.639. The fourth-order valence-corrected chi connectivity index (χ4v) is 2.43. The number of ether oxygens (including phenoxy) is 1. The number of hydrogen-bond acceptors (Lipinski definition) is 2. The monoisotopic (exact) mass is 263 g/mol. The Bertz CT molecular complexity index is 312.